The molecule has 0 saturated heterocycles. The standard InChI is InChI=1S/C26H28N2O6/c1-27(2)12-7-13-28-22(16-8-5-10-18(14-16)32-3)21(24(30)26(28)31)23(29)20-15-17-9-6-11-19(33-4)25(17)34-20/h5-6,8-11,14-15,22,30H,7,12-13H2,1-4H3. The fourth-order valence-electron chi connectivity index (χ4n) is 4.27. The SMILES string of the molecule is COc1cccc(C2C(C(=O)c3cc4cccc(OC)c4o3)=C(O)C(=O)N2CCCN(C)C)c1. The second kappa shape index (κ2) is 9.61. The number of ketones is 1. The monoisotopic (exact) mass is 464 g/mol. The lowest BCUT2D eigenvalue weighted by atomic mass is 9.94. The number of methoxy groups -OCH3 is 2. The van der Waals surface area contributed by atoms with Crippen LogP contribution in [0.15, 0.2) is 64.3 Å². The summed E-state index contributed by atoms with van der Waals surface area (Å²) in [7, 11) is 6.97. The van der Waals surface area contributed by atoms with Crippen molar-refractivity contribution in [3.05, 3.63) is 71.2 Å². The van der Waals surface area contributed by atoms with Crippen molar-refractivity contribution < 1.29 is 28.6 Å². The summed E-state index contributed by atoms with van der Waals surface area (Å²) in [5.41, 5.74) is 1.08. The Morgan fingerprint density at radius 3 is 2.59 bits per heavy atom. The van der Waals surface area contributed by atoms with Crippen LogP contribution in [-0.2, 0) is 4.79 Å². The van der Waals surface area contributed by atoms with Gasteiger partial charge in [-0.25, -0.2) is 0 Å². The van der Waals surface area contributed by atoms with Gasteiger partial charge in [-0.3, -0.25) is 9.59 Å². The second-order valence-corrected chi connectivity index (χ2v) is 8.42. The number of benzene rings is 2. The Morgan fingerprint density at radius 2 is 1.88 bits per heavy atom. The molecule has 8 heteroatoms. The molecule has 1 N–H and O–H groups in total. The van der Waals surface area contributed by atoms with Gasteiger partial charge in [0.05, 0.1) is 25.8 Å². The zero-order valence-electron chi connectivity index (χ0n) is 19.7. The zero-order valence-corrected chi connectivity index (χ0v) is 19.7. The minimum Gasteiger partial charge on any atom is -0.503 e. The molecule has 0 radical (unpaired) electrons. The highest BCUT2D eigenvalue weighted by Crippen LogP contribution is 2.41. The third kappa shape index (κ3) is 4.24. The van der Waals surface area contributed by atoms with E-state index in [2.05, 4.69) is 0 Å². The number of rotatable bonds is 9. The summed E-state index contributed by atoms with van der Waals surface area (Å²) in [5.74, 6) is -0.584. The van der Waals surface area contributed by atoms with E-state index in [0.717, 1.165) is 6.54 Å². The molecule has 178 valence electrons. The van der Waals surface area contributed by atoms with Crippen LogP contribution < -0.4 is 9.47 Å². The minimum atomic E-state index is -0.771. The number of ether oxygens (including phenoxy) is 2. The van der Waals surface area contributed by atoms with Gasteiger partial charge in [-0.15, -0.1) is 0 Å². The number of aliphatic hydroxyl groups is 1. The Hall–Kier alpha value is -3.78. The number of carbonyl (C=O) groups is 2. The molecule has 1 atom stereocenters. The van der Waals surface area contributed by atoms with E-state index >= 15 is 0 Å². The van der Waals surface area contributed by atoms with Crippen LogP contribution in [0.25, 0.3) is 11.0 Å². The topological polar surface area (TPSA) is 92.4 Å². The van der Waals surface area contributed by atoms with Crippen LogP contribution in [0.1, 0.15) is 28.6 Å². The zero-order chi connectivity index (χ0) is 24.4. The third-order valence-electron chi connectivity index (χ3n) is 5.91. The van der Waals surface area contributed by atoms with Crippen LogP contribution in [0, 0.1) is 0 Å². The van der Waals surface area contributed by atoms with Crippen molar-refractivity contribution in [2.75, 3.05) is 41.4 Å². The lowest BCUT2D eigenvalue weighted by Crippen LogP contribution is -2.33. The predicted octanol–water partition coefficient (Wildman–Crippen LogP) is 3.98. The van der Waals surface area contributed by atoms with Gasteiger partial charge in [0, 0.05) is 11.9 Å². The molecule has 0 spiro atoms. The van der Waals surface area contributed by atoms with E-state index in [0.29, 0.717) is 41.0 Å². The van der Waals surface area contributed by atoms with Crippen molar-refractivity contribution in [3.8, 4) is 11.5 Å². The molecule has 1 aromatic heterocycles. The van der Waals surface area contributed by atoms with Crippen LogP contribution in [0.5, 0.6) is 11.5 Å². The van der Waals surface area contributed by atoms with Gasteiger partial charge in [0.1, 0.15) is 5.75 Å². The molecular weight excluding hydrogens is 436 g/mol. The Balaban J connectivity index is 1.78. The number of hydrogen-bond donors (Lipinski definition) is 1. The summed E-state index contributed by atoms with van der Waals surface area (Å²) < 4.78 is 16.5. The smallest absolute Gasteiger partial charge is 0.290 e. The molecule has 0 saturated carbocycles. The normalized spacial score (nSPS) is 16.1. The van der Waals surface area contributed by atoms with E-state index in [4.69, 9.17) is 13.9 Å². The van der Waals surface area contributed by atoms with Crippen LogP contribution in [0.2, 0.25) is 0 Å². The summed E-state index contributed by atoms with van der Waals surface area (Å²) in [5, 5.41) is 11.5. The number of nitrogens with zero attached hydrogens (tertiary/aromatic N) is 2. The Labute approximate surface area is 198 Å². The molecule has 34 heavy (non-hydrogen) atoms. The molecule has 2 aromatic carbocycles. The first-order valence-corrected chi connectivity index (χ1v) is 11.0. The van der Waals surface area contributed by atoms with Crippen molar-refractivity contribution in [2.24, 2.45) is 0 Å². The Morgan fingerprint density at radius 1 is 1.12 bits per heavy atom. The summed E-state index contributed by atoms with van der Waals surface area (Å²) in [6.07, 6.45) is 0.676. The lowest BCUT2D eigenvalue weighted by Gasteiger charge is -2.27. The first-order chi connectivity index (χ1) is 16.3. The molecule has 1 aliphatic rings. The fourth-order valence-corrected chi connectivity index (χ4v) is 4.27. The van der Waals surface area contributed by atoms with Crippen LogP contribution in [0.3, 0.4) is 0 Å². The van der Waals surface area contributed by atoms with Gasteiger partial charge in [0.2, 0.25) is 5.78 Å². The summed E-state index contributed by atoms with van der Waals surface area (Å²) in [6.45, 7) is 1.12. The molecule has 3 aromatic rings. The molecule has 0 bridgehead atoms. The average molecular weight is 465 g/mol. The van der Waals surface area contributed by atoms with E-state index in [1.807, 2.05) is 25.1 Å². The summed E-state index contributed by atoms with van der Waals surface area (Å²) >= 11 is 0. The van der Waals surface area contributed by atoms with Crippen LogP contribution in [-0.4, -0.2) is 68.0 Å². The van der Waals surface area contributed by atoms with Crippen molar-refractivity contribution >= 4 is 22.7 Å². The molecule has 8 nitrogen and oxygen atoms in total. The Kier molecular flexibility index (Phi) is 6.61. The number of fused-ring (bicyclic) bond motifs is 1. The molecule has 2 heterocycles. The number of carbonyl (C=O) groups excluding carboxylic acids is 2. The highest BCUT2D eigenvalue weighted by Gasteiger charge is 2.44. The van der Waals surface area contributed by atoms with E-state index in [9.17, 15) is 14.7 Å². The lowest BCUT2D eigenvalue weighted by molar-refractivity contribution is -0.129. The van der Waals surface area contributed by atoms with Crippen LogP contribution >= 0.6 is 0 Å². The first-order valence-electron chi connectivity index (χ1n) is 11.0. The quantitative estimate of drug-likeness (QED) is 0.479. The van der Waals surface area contributed by atoms with Gasteiger partial charge >= 0.3 is 0 Å². The van der Waals surface area contributed by atoms with E-state index in [-0.39, 0.29) is 11.3 Å². The average Bonchev–Trinajstić information content (AvgIpc) is 3.38. The molecule has 0 aliphatic carbocycles. The van der Waals surface area contributed by atoms with E-state index in [1.54, 1.807) is 49.6 Å². The van der Waals surface area contributed by atoms with Crippen molar-refractivity contribution in [1.82, 2.24) is 9.80 Å². The number of para-hydroxylation sites is 1. The summed E-state index contributed by atoms with van der Waals surface area (Å²) in [4.78, 5) is 30.3. The van der Waals surface area contributed by atoms with Crippen molar-refractivity contribution in [1.29, 1.82) is 0 Å². The fraction of sp³-hybridized carbons (Fsp3) is 0.308. The third-order valence-corrected chi connectivity index (χ3v) is 5.91. The minimum absolute atomic E-state index is 0.0128. The van der Waals surface area contributed by atoms with E-state index in [1.165, 1.54) is 12.0 Å². The summed E-state index contributed by atoms with van der Waals surface area (Å²) in [6, 6.07) is 13.3. The van der Waals surface area contributed by atoms with Gasteiger partial charge < -0.3 is 28.8 Å². The molecule has 0 fully saturated rings. The van der Waals surface area contributed by atoms with Gasteiger partial charge in [0.15, 0.2) is 22.9 Å². The van der Waals surface area contributed by atoms with E-state index < -0.39 is 23.5 Å². The molecule has 1 aliphatic heterocycles. The molecular formula is C26H28N2O6. The maximum Gasteiger partial charge on any atom is 0.290 e. The van der Waals surface area contributed by atoms with Crippen molar-refractivity contribution in [2.45, 2.75) is 12.5 Å². The maximum atomic E-state index is 13.7. The number of Topliss-reactive ketones (excluding diaryl/α,β-unsaturated/α-hetero) is 1. The maximum absolute atomic E-state index is 13.7. The Bertz CT molecular complexity index is 1260. The molecule has 4 rings (SSSR count). The number of aliphatic hydroxyl groups excluding tert-OH is 1. The number of hydrogen-bond acceptors (Lipinski definition) is 7. The van der Waals surface area contributed by atoms with Crippen molar-refractivity contribution in [3.63, 3.8) is 0 Å². The first kappa shape index (κ1) is 23.4. The highest BCUT2D eigenvalue weighted by molar-refractivity contribution is 6.16. The predicted molar refractivity (Wildman–Crippen MR) is 127 cm³/mol. The largest absolute Gasteiger partial charge is 0.503 e. The number of furan rings is 1. The van der Waals surface area contributed by atoms with Gasteiger partial charge in [-0.1, -0.05) is 24.3 Å². The van der Waals surface area contributed by atoms with Gasteiger partial charge in [-0.05, 0) is 56.9 Å². The molecule has 1 unspecified atom stereocenters. The van der Waals surface area contributed by atoms with Gasteiger partial charge in [-0.2, -0.15) is 0 Å². The second-order valence-electron chi connectivity index (χ2n) is 8.42. The number of amides is 1. The highest BCUT2D eigenvalue weighted by atomic mass is 16.5. The van der Waals surface area contributed by atoms with Gasteiger partial charge in [0.25, 0.3) is 5.91 Å². The van der Waals surface area contributed by atoms with Crippen LogP contribution in [0.4, 0.5) is 0 Å². The molecule has 1 amide bonds.